The van der Waals surface area contributed by atoms with Crippen LogP contribution in [0.25, 0.3) is 88.4 Å². The van der Waals surface area contributed by atoms with Crippen molar-refractivity contribution >= 4 is 43.6 Å². The molecule has 0 saturated carbocycles. The first-order valence-corrected chi connectivity index (χ1v) is 21.6. The van der Waals surface area contributed by atoms with Gasteiger partial charge in [-0.1, -0.05) is 60.7 Å². The topological polar surface area (TPSA) is 57.4 Å². The Hall–Kier alpha value is -8.71. The number of halogens is 15. The van der Waals surface area contributed by atoms with E-state index in [0.29, 0.717) is 41.1 Å². The smallest absolute Gasteiger partial charge is 0.308 e. The number of hydrogen-bond donors (Lipinski definition) is 0. The Morgan fingerprint density at radius 1 is 0.324 bits per heavy atom. The first-order valence-electron chi connectivity index (χ1n) is 21.6. The molecule has 0 saturated heterocycles. The quantitative estimate of drug-likeness (QED) is 0.161. The molecule has 0 N–H and O–H groups in total. The highest BCUT2D eigenvalue weighted by Gasteiger charge is 2.40. The van der Waals surface area contributed by atoms with E-state index in [9.17, 15) is 76.4 Å². The van der Waals surface area contributed by atoms with Crippen LogP contribution in [0.4, 0.5) is 65.9 Å². The standard InChI is InChI=1S/C55H25F15N4/c56-51(57,58)33-11-13-36(42(24-33)54(65,66)67)30-9-15-46-40(22-30)38-5-1-3-7-44(38)73(46)48-19-29(27-72)20-49(50(48)32-17-28(26-71)18-35(21-32)53(62,63)64)74-45-8-4-2-6-39(45)41-23-31(10-16-47(41)74)37-14-12-34(52(59,60)61)25-43(37)55(68,69)70/h1-25H. The van der Waals surface area contributed by atoms with Crippen molar-refractivity contribution in [1.82, 2.24) is 9.13 Å². The summed E-state index contributed by atoms with van der Waals surface area (Å²) in [5.74, 6) is 0. The lowest BCUT2D eigenvalue weighted by molar-refractivity contribution is -0.144. The fourth-order valence-electron chi connectivity index (χ4n) is 9.54. The van der Waals surface area contributed by atoms with Crippen molar-refractivity contribution in [2.75, 3.05) is 0 Å². The normalized spacial score (nSPS) is 12.8. The van der Waals surface area contributed by atoms with Crippen molar-refractivity contribution in [1.29, 1.82) is 10.5 Å². The van der Waals surface area contributed by atoms with E-state index in [1.165, 1.54) is 57.7 Å². The molecular weight excluding hydrogens is 1000 g/mol. The van der Waals surface area contributed by atoms with Gasteiger partial charge in [0, 0.05) is 27.1 Å². The molecule has 10 aromatic rings. The van der Waals surface area contributed by atoms with Gasteiger partial charge in [-0.25, -0.2) is 0 Å². The van der Waals surface area contributed by atoms with Crippen LogP contribution >= 0.6 is 0 Å². The molecule has 0 aliphatic heterocycles. The molecule has 0 unspecified atom stereocenters. The van der Waals surface area contributed by atoms with Gasteiger partial charge in [0.2, 0.25) is 0 Å². The summed E-state index contributed by atoms with van der Waals surface area (Å²) >= 11 is 0. The van der Waals surface area contributed by atoms with Crippen molar-refractivity contribution < 1.29 is 65.9 Å². The summed E-state index contributed by atoms with van der Waals surface area (Å²) < 4.78 is 217. The van der Waals surface area contributed by atoms with E-state index in [-0.39, 0.29) is 84.2 Å². The second-order valence-electron chi connectivity index (χ2n) is 17.1. The molecular formula is C55H25F15N4. The third-order valence-corrected chi connectivity index (χ3v) is 12.7. The van der Waals surface area contributed by atoms with Gasteiger partial charge in [-0.05, 0) is 119 Å². The van der Waals surface area contributed by atoms with E-state index in [2.05, 4.69) is 6.07 Å². The summed E-state index contributed by atoms with van der Waals surface area (Å²) in [7, 11) is 0. The number of hydrogen-bond acceptors (Lipinski definition) is 2. The largest absolute Gasteiger partial charge is 0.417 e. The molecule has 2 aromatic heterocycles. The van der Waals surface area contributed by atoms with E-state index in [0.717, 1.165) is 12.1 Å². The lowest BCUT2D eigenvalue weighted by Gasteiger charge is -2.22. The zero-order valence-electron chi connectivity index (χ0n) is 36.9. The van der Waals surface area contributed by atoms with E-state index in [1.807, 2.05) is 0 Å². The zero-order valence-corrected chi connectivity index (χ0v) is 36.9. The second kappa shape index (κ2) is 16.9. The third kappa shape index (κ3) is 8.37. The minimum Gasteiger partial charge on any atom is -0.308 e. The third-order valence-electron chi connectivity index (χ3n) is 12.7. The van der Waals surface area contributed by atoms with Crippen LogP contribution in [-0.2, 0) is 30.9 Å². The van der Waals surface area contributed by atoms with Crippen LogP contribution in [0.5, 0.6) is 0 Å². The minimum absolute atomic E-state index is 0.00146. The van der Waals surface area contributed by atoms with E-state index in [4.69, 9.17) is 0 Å². The van der Waals surface area contributed by atoms with Gasteiger partial charge >= 0.3 is 30.9 Å². The zero-order chi connectivity index (χ0) is 53.0. The van der Waals surface area contributed by atoms with E-state index in [1.54, 1.807) is 54.6 Å². The highest BCUT2D eigenvalue weighted by molar-refractivity contribution is 6.13. The van der Waals surface area contributed by atoms with Crippen molar-refractivity contribution in [2.24, 2.45) is 0 Å². The number of aromatic nitrogens is 2. The predicted molar refractivity (Wildman–Crippen MR) is 246 cm³/mol. The molecule has 10 rings (SSSR count). The van der Waals surface area contributed by atoms with Crippen molar-refractivity contribution in [3.05, 3.63) is 191 Å². The lowest BCUT2D eigenvalue weighted by Crippen LogP contribution is -2.12. The summed E-state index contributed by atoms with van der Waals surface area (Å²) in [4.78, 5) is 0. The average molecular weight is 1030 g/mol. The SMILES string of the molecule is N#Cc1cc(-c2c(-n3c4ccccc4c4cc(-c5ccc(C(F)(F)F)cc5C(F)(F)F)ccc43)cc(C#N)cc2-n2c3ccccc3c3cc(-c4ccc(C(F)(F)F)cc4C(F)(F)F)ccc32)cc(C(F)(F)F)c1. The van der Waals surface area contributed by atoms with Gasteiger partial charge in [0.05, 0.1) is 84.5 Å². The second-order valence-corrected chi connectivity index (χ2v) is 17.1. The molecule has 19 heteroatoms. The molecule has 4 nitrogen and oxygen atoms in total. The number of benzene rings is 8. The summed E-state index contributed by atoms with van der Waals surface area (Å²) in [6.45, 7) is 0. The molecule has 0 bridgehead atoms. The van der Waals surface area contributed by atoms with Gasteiger partial charge in [0.1, 0.15) is 0 Å². The Morgan fingerprint density at radius 3 is 1.11 bits per heavy atom. The molecule has 0 amide bonds. The van der Waals surface area contributed by atoms with Crippen molar-refractivity contribution in [3.63, 3.8) is 0 Å². The molecule has 0 spiro atoms. The van der Waals surface area contributed by atoms with Crippen LogP contribution in [0.2, 0.25) is 0 Å². The molecule has 0 atom stereocenters. The maximum atomic E-state index is 14.8. The average Bonchev–Trinajstić information content (AvgIpc) is 3.86. The summed E-state index contributed by atoms with van der Waals surface area (Å²) in [5, 5.41) is 21.9. The van der Waals surface area contributed by atoms with Crippen molar-refractivity contribution in [3.8, 4) is 56.9 Å². The highest BCUT2D eigenvalue weighted by atomic mass is 19.4. The predicted octanol–water partition coefficient (Wildman–Crippen LogP) is 17.7. The number of fused-ring (bicyclic) bond motifs is 6. The minimum atomic E-state index is -5.25. The van der Waals surface area contributed by atoms with Crippen LogP contribution in [0.3, 0.4) is 0 Å². The Kier molecular flexibility index (Phi) is 11.2. The van der Waals surface area contributed by atoms with E-state index >= 15 is 0 Å². The number of para-hydroxylation sites is 2. The first-order chi connectivity index (χ1) is 34.8. The summed E-state index contributed by atoms with van der Waals surface area (Å²) in [5.41, 5.74) is -9.03. The molecule has 0 aliphatic rings. The number of alkyl halides is 15. The molecule has 74 heavy (non-hydrogen) atoms. The molecule has 8 aromatic carbocycles. The number of nitriles is 2. The molecule has 370 valence electrons. The lowest BCUT2D eigenvalue weighted by atomic mass is 9.94. The van der Waals surface area contributed by atoms with Crippen LogP contribution < -0.4 is 0 Å². The van der Waals surface area contributed by atoms with Gasteiger partial charge in [-0.2, -0.15) is 76.4 Å². The van der Waals surface area contributed by atoms with Crippen molar-refractivity contribution in [2.45, 2.75) is 30.9 Å². The fourth-order valence-corrected chi connectivity index (χ4v) is 9.54. The maximum absolute atomic E-state index is 14.8. The van der Waals surface area contributed by atoms with Crippen LogP contribution in [-0.4, -0.2) is 9.13 Å². The first kappa shape index (κ1) is 48.9. The molecule has 2 heterocycles. The van der Waals surface area contributed by atoms with Gasteiger partial charge in [-0.3, -0.25) is 0 Å². The highest BCUT2D eigenvalue weighted by Crippen LogP contribution is 2.48. The Balaban J connectivity index is 1.31. The van der Waals surface area contributed by atoms with Gasteiger partial charge in [-0.15, -0.1) is 0 Å². The Labute approximate surface area is 406 Å². The van der Waals surface area contributed by atoms with Gasteiger partial charge in [0.15, 0.2) is 0 Å². The van der Waals surface area contributed by atoms with Gasteiger partial charge in [0.25, 0.3) is 0 Å². The van der Waals surface area contributed by atoms with Gasteiger partial charge < -0.3 is 9.13 Å². The van der Waals surface area contributed by atoms with Crippen LogP contribution in [0.1, 0.15) is 38.9 Å². The number of rotatable bonds is 5. The monoisotopic (exact) mass is 1030 g/mol. The maximum Gasteiger partial charge on any atom is 0.417 e. The number of nitrogens with zero attached hydrogens (tertiary/aromatic N) is 4. The fraction of sp³-hybridized carbons (Fsp3) is 0.0909. The van der Waals surface area contributed by atoms with Crippen LogP contribution in [0.15, 0.2) is 152 Å². The Morgan fingerprint density at radius 2 is 0.716 bits per heavy atom. The summed E-state index contributed by atoms with van der Waals surface area (Å²) in [6, 6.07) is 31.8. The summed E-state index contributed by atoms with van der Waals surface area (Å²) in [6.07, 6.45) is -25.8. The molecule has 0 aliphatic carbocycles. The molecule has 0 fully saturated rings. The van der Waals surface area contributed by atoms with E-state index < -0.39 is 75.4 Å². The Bertz CT molecular complexity index is 3820. The molecule has 0 radical (unpaired) electrons. The van der Waals surface area contributed by atoms with Crippen LogP contribution in [0, 0.1) is 22.7 Å².